The summed E-state index contributed by atoms with van der Waals surface area (Å²) in [7, 11) is 1.58. The number of rotatable bonds is 4. The number of nitrogens with zero attached hydrogens (tertiary/aromatic N) is 4. The summed E-state index contributed by atoms with van der Waals surface area (Å²) in [6, 6.07) is 5.50. The molecule has 0 amide bonds. The van der Waals surface area contributed by atoms with Crippen LogP contribution in [0.5, 0.6) is 5.75 Å². The Bertz CT molecular complexity index is 926. The van der Waals surface area contributed by atoms with E-state index in [9.17, 15) is 0 Å². The number of aromatic nitrogens is 4. The summed E-state index contributed by atoms with van der Waals surface area (Å²) in [5, 5.41) is 3.80. The summed E-state index contributed by atoms with van der Waals surface area (Å²) in [5.74, 6) is 1.16. The quantitative estimate of drug-likeness (QED) is 0.455. The molecule has 3 aromatic rings. The first-order valence-electron chi connectivity index (χ1n) is 7.78. The Morgan fingerprint density at radius 2 is 2.28 bits per heavy atom. The van der Waals surface area contributed by atoms with Crippen molar-refractivity contribution in [2.45, 2.75) is 19.1 Å². The van der Waals surface area contributed by atoms with Gasteiger partial charge < -0.3 is 14.8 Å². The van der Waals surface area contributed by atoms with Crippen molar-refractivity contribution in [3.05, 3.63) is 33.4 Å². The lowest BCUT2D eigenvalue weighted by atomic mass is 10.3. The van der Waals surface area contributed by atoms with Crippen LogP contribution >= 0.6 is 34.2 Å². The number of methoxy groups -OCH3 is 1. The average molecular weight is 472 g/mol. The highest BCUT2D eigenvalue weighted by Gasteiger charge is 2.22. The fourth-order valence-corrected chi connectivity index (χ4v) is 3.63. The summed E-state index contributed by atoms with van der Waals surface area (Å²) >= 11 is 8.30. The molecule has 4 rings (SSSR count). The van der Waals surface area contributed by atoms with E-state index >= 15 is 0 Å². The zero-order valence-corrected chi connectivity index (χ0v) is 16.3. The van der Waals surface area contributed by atoms with Crippen LogP contribution in [0.1, 0.15) is 19.1 Å². The highest BCUT2D eigenvalue weighted by Crippen LogP contribution is 2.36. The number of anilines is 2. The molecule has 7 nitrogen and oxygen atoms in total. The predicted molar refractivity (Wildman–Crippen MR) is 104 cm³/mol. The molecular weight excluding hydrogens is 457 g/mol. The van der Waals surface area contributed by atoms with E-state index in [1.54, 1.807) is 19.5 Å². The van der Waals surface area contributed by atoms with Gasteiger partial charge in [-0.3, -0.25) is 4.57 Å². The monoisotopic (exact) mass is 471 g/mol. The number of halogens is 2. The molecule has 0 spiro atoms. The summed E-state index contributed by atoms with van der Waals surface area (Å²) < 4.78 is 13.7. The van der Waals surface area contributed by atoms with Gasteiger partial charge in [0.25, 0.3) is 0 Å². The maximum atomic E-state index is 6.20. The Balaban J connectivity index is 1.79. The maximum Gasteiger partial charge on any atom is 0.194 e. The second-order valence-electron chi connectivity index (χ2n) is 5.58. The number of ether oxygens (including phenoxy) is 2. The van der Waals surface area contributed by atoms with Crippen LogP contribution in [-0.2, 0) is 4.74 Å². The standard InChI is InChI=1S/C16H15ClIN5O2/c1-24-13-9(17)4-2-5-10(13)20-14-12-15(22-16(18)21-14)23(8-19-12)11-6-3-7-25-11/h2,4-5,8,11H,3,6-7H2,1H3,(H,20,21,22). The van der Waals surface area contributed by atoms with Crippen LogP contribution in [0.3, 0.4) is 0 Å². The van der Waals surface area contributed by atoms with Crippen LogP contribution in [0.4, 0.5) is 11.5 Å². The van der Waals surface area contributed by atoms with E-state index in [2.05, 4.69) is 42.9 Å². The zero-order valence-electron chi connectivity index (χ0n) is 13.4. The van der Waals surface area contributed by atoms with Gasteiger partial charge in [-0.15, -0.1) is 0 Å². The predicted octanol–water partition coefficient (Wildman–Crippen LogP) is 4.15. The van der Waals surface area contributed by atoms with Crippen molar-refractivity contribution in [2.24, 2.45) is 0 Å². The largest absolute Gasteiger partial charge is 0.493 e. The average Bonchev–Trinajstić information content (AvgIpc) is 3.24. The van der Waals surface area contributed by atoms with Crippen LogP contribution < -0.4 is 10.1 Å². The third-order valence-electron chi connectivity index (χ3n) is 4.03. The Morgan fingerprint density at radius 3 is 3.04 bits per heavy atom. The molecule has 1 aromatic carbocycles. The third-order valence-corrected chi connectivity index (χ3v) is 4.81. The SMILES string of the molecule is COc1c(Cl)cccc1Nc1nc(I)nc2c1ncn2C1CCCO1. The molecule has 1 saturated heterocycles. The summed E-state index contributed by atoms with van der Waals surface area (Å²) in [4.78, 5) is 13.5. The lowest BCUT2D eigenvalue weighted by Crippen LogP contribution is -2.08. The van der Waals surface area contributed by atoms with Crippen molar-refractivity contribution in [2.75, 3.05) is 19.0 Å². The maximum absolute atomic E-state index is 6.20. The van der Waals surface area contributed by atoms with Crippen molar-refractivity contribution >= 4 is 56.9 Å². The first-order valence-corrected chi connectivity index (χ1v) is 9.24. The topological polar surface area (TPSA) is 74.1 Å². The summed E-state index contributed by atoms with van der Waals surface area (Å²) in [5.41, 5.74) is 2.14. The molecule has 0 bridgehead atoms. The molecule has 1 N–H and O–H groups in total. The van der Waals surface area contributed by atoms with Crippen molar-refractivity contribution in [1.82, 2.24) is 19.5 Å². The Hall–Kier alpha value is -1.65. The van der Waals surface area contributed by atoms with Crippen LogP contribution in [0.2, 0.25) is 5.02 Å². The molecule has 9 heteroatoms. The minimum atomic E-state index is -0.0238. The van der Waals surface area contributed by atoms with Crippen molar-refractivity contribution in [1.29, 1.82) is 0 Å². The Morgan fingerprint density at radius 1 is 1.40 bits per heavy atom. The number of imidazole rings is 1. The van der Waals surface area contributed by atoms with Crippen LogP contribution in [0.15, 0.2) is 24.5 Å². The number of hydrogen-bond donors (Lipinski definition) is 1. The minimum absolute atomic E-state index is 0.0238. The molecule has 25 heavy (non-hydrogen) atoms. The molecule has 3 heterocycles. The normalized spacial score (nSPS) is 17.2. The molecule has 130 valence electrons. The molecule has 1 aliphatic rings. The number of benzene rings is 1. The summed E-state index contributed by atoms with van der Waals surface area (Å²) in [6.45, 7) is 0.761. The number of hydrogen-bond acceptors (Lipinski definition) is 6. The Labute approximate surface area is 162 Å². The van der Waals surface area contributed by atoms with Crippen molar-refractivity contribution in [3.8, 4) is 5.75 Å². The van der Waals surface area contributed by atoms with Gasteiger partial charge in [0.1, 0.15) is 6.23 Å². The summed E-state index contributed by atoms with van der Waals surface area (Å²) in [6.07, 6.45) is 3.73. The first-order chi connectivity index (χ1) is 12.2. The molecule has 0 aliphatic carbocycles. The van der Waals surface area contributed by atoms with Gasteiger partial charge in [0, 0.05) is 29.2 Å². The van der Waals surface area contributed by atoms with E-state index in [0.29, 0.717) is 25.9 Å². The van der Waals surface area contributed by atoms with E-state index < -0.39 is 0 Å². The second kappa shape index (κ2) is 6.93. The first kappa shape index (κ1) is 16.8. The second-order valence-corrected chi connectivity index (χ2v) is 6.95. The number of fused-ring (bicyclic) bond motifs is 1. The third kappa shape index (κ3) is 3.13. The lowest BCUT2D eigenvalue weighted by molar-refractivity contribution is 0.0592. The molecule has 0 saturated carbocycles. The molecule has 1 fully saturated rings. The van der Waals surface area contributed by atoms with Crippen LogP contribution in [0.25, 0.3) is 11.2 Å². The van der Waals surface area contributed by atoms with Gasteiger partial charge in [-0.05, 0) is 25.0 Å². The van der Waals surface area contributed by atoms with Crippen LogP contribution in [0, 0.1) is 3.83 Å². The van der Waals surface area contributed by atoms with Gasteiger partial charge in [0.2, 0.25) is 0 Å². The molecule has 0 radical (unpaired) electrons. The number of nitrogens with one attached hydrogen (secondary N) is 1. The molecule has 2 aromatic heterocycles. The van der Waals surface area contributed by atoms with E-state index in [1.165, 1.54) is 0 Å². The smallest absolute Gasteiger partial charge is 0.194 e. The van der Waals surface area contributed by atoms with Crippen molar-refractivity contribution < 1.29 is 9.47 Å². The van der Waals surface area contributed by atoms with Gasteiger partial charge in [0.15, 0.2) is 26.6 Å². The van der Waals surface area contributed by atoms with E-state index in [4.69, 9.17) is 21.1 Å². The fraction of sp³-hybridized carbons (Fsp3) is 0.312. The van der Waals surface area contributed by atoms with Crippen LogP contribution in [-0.4, -0.2) is 33.2 Å². The van der Waals surface area contributed by atoms with E-state index in [0.717, 1.165) is 30.8 Å². The van der Waals surface area contributed by atoms with Gasteiger partial charge >= 0.3 is 0 Å². The minimum Gasteiger partial charge on any atom is -0.493 e. The lowest BCUT2D eigenvalue weighted by Gasteiger charge is -2.13. The number of para-hydroxylation sites is 1. The van der Waals surface area contributed by atoms with Gasteiger partial charge in [-0.1, -0.05) is 17.7 Å². The molecule has 1 unspecified atom stereocenters. The zero-order chi connectivity index (χ0) is 17.4. The van der Waals surface area contributed by atoms with E-state index in [-0.39, 0.29) is 6.23 Å². The van der Waals surface area contributed by atoms with Gasteiger partial charge in [-0.2, -0.15) is 0 Å². The Kier molecular flexibility index (Phi) is 4.65. The highest BCUT2D eigenvalue weighted by molar-refractivity contribution is 14.1. The van der Waals surface area contributed by atoms with Gasteiger partial charge in [-0.25, -0.2) is 15.0 Å². The molecule has 1 atom stereocenters. The van der Waals surface area contributed by atoms with E-state index in [1.807, 2.05) is 16.7 Å². The van der Waals surface area contributed by atoms with Crippen molar-refractivity contribution in [3.63, 3.8) is 0 Å². The highest BCUT2D eigenvalue weighted by atomic mass is 127. The fourth-order valence-electron chi connectivity index (χ4n) is 2.91. The molecular formula is C16H15ClIN5O2. The molecule has 1 aliphatic heterocycles. The van der Waals surface area contributed by atoms with Gasteiger partial charge in [0.05, 0.1) is 24.1 Å².